The molecule has 0 radical (unpaired) electrons. The molecule has 2 N–H and O–H groups in total. The van der Waals surface area contributed by atoms with Gasteiger partial charge in [-0.15, -0.1) is 11.3 Å². The molecular weight excluding hydrogens is 298 g/mol. The molecule has 2 aromatic rings. The number of nitrogens with zero attached hydrogens (tertiary/aromatic N) is 1. The summed E-state index contributed by atoms with van der Waals surface area (Å²) in [5, 5.41) is 8.66. The minimum Gasteiger partial charge on any atom is -0.356 e. The fourth-order valence-electron chi connectivity index (χ4n) is 2.47. The molecule has 1 fully saturated rings. The molecule has 1 aliphatic rings. The van der Waals surface area contributed by atoms with Gasteiger partial charge in [-0.3, -0.25) is 9.59 Å². The number of thiazole rings is 1. The Hall–Kier alpha value is -2.21. The molecule has 5 nitrogen and oxygen atoms in total. The number of carbonyl (C=O) groups excluding carboxylic acids is 2. The summed E-state index contributed by atoms with van der Waals surface area (Å²) in [6.45, 7) is 2.54. The molecule has 1 saturated heterocycles. The van der Waals surface area contributed by atoms with Gasteiger partial charge in [0.2, 0.25) is 11.8 Å². The molecule has 0 saturated carbocycles. The molecule has 0 bridgehead atoms. The molecule has 2 heterocycles. The molecule has 1 aliphatic heterocycles. The number of nitrogens with one attached hydrogen (secondary N) is 2. The number of anilines is 1. The molecule has 114 valence electrons. The van der Waals surface area contributed by atoms with Crippen LogP contribution in [0.3, 0.4) is 0 Å². The third-order valence-electron chi connectivity index (χ3n) is 3.68. The summed E-state index contributed by atoms with van der Waals surface area (Å²) in [7, 11) is 0. The topological polar surface area (TPSA) is 71.1 Å². The summed E-state index contributed by atoms with van der Waals surface area (Å²) in [6, 6.07) is 7.62. The second kappa shape index (κ2) is 6.27. The van der Waals surface area contributed by atoms with Crippen LogP contribution in [0.1, 0.15) is 17.8 Å². The SMILES string of the molecule is Cc1nc(-c2ccc(NC(=O)C3CCNC(=O)C3)cc2)cs1. The third kappa shape index (κ3) is 3.33. The minimum atomic E-state index is -0.241. The Balaban J connectivity index is 1.65. The van der Waals surface area contributed by atoms with Crippen molar-refractivity contribution >= 4 is 28.8 Å². The summed E-state index contributed by atoms with van der Waals surface area (Å²) >= 11 is 1.61. The standard InChI is InChI=1S/C16H17N3O2S/c1-10-18-14(9-22-10)11-2-4-13(5-3-11)19-16(21)12-6-7-17-15(20)8-12/h2-5,9,12H,6-8H2,1H3,(H,17,20)(H,19,21). The van der Waals surface area contributed by atoms with Gasteiger partial charge >= 0.3 is 0 Å². The van der Waals surface area contributed by atoms with E-state index in [-0.39, 0.29) is 24.2 Å². The summed E-state index contributed by atoms with van der Waals surface area (Å²) in [5.74, 6) is -0.387. The minimum absolute atomic E-state index is 0.0550. The van der Waals surface area contributed by atoms with Gasteiger partial charge in [-0.25, -0.2) is 4.98 Å². The first-order chi connectivity index (χ1) is 10.6. The van der Waals surface area contributed by atoms with Crippen LogP contribution < -0.4 is 10.6 Å². The summed E-state index contributed by atoms with van der Waals surface area (Å²) < 4.78 is 0. The Morgan fingerprint density at radius 1 is 1.36 bits per heavy atom. The number of aromatic nitrogens is 1. The summed E-state index contributed by atoms with van der Waals surface area (Å²) in [6.07, 6.45) is 0.954. The lowest BCUT2D eigenvalue weighted by Gasteiger charge is -2.21. The quantitative estimate of drug-likeness (QED) is 0.914. The van der Waals surface area contributed by atoms with Crippen LogP contribution in [-0.4, -0.2) is 23.3 Å². The van der Waals surface area contributed by atoms with E-state index in [2.05, 4.69) is 15.6 Å². The lowest BCUT2D eigenvalue weighted by Crippen LogP contribution is -2.38. The average Bonchev–Trinajstić information content (AvgIpc) is 2.94. The van der Waals surface area contributed by atoms with Crippen molar-refractivity contribution in [2.45, 2.75) is 19.8 Å². The average molecular weight is 315 g/mol. The number of hydrogen-bond donors (Lipinski definition) is 2. The fraction of sp³-hybridized carbons (Fsp3) is 0.312. The number of piperidine rings is 1. The predicted molar refractivity (Wildman–Crippen MR) is 86.7 cm³/mol. The van der Waals surface area contributed by atoms with Crippen molar-refractivity contribution in [3.8, 4) is 11.3 Å². The number of amides is 2. The zero-order valence-corrected chi connectivity index (χ0v) is 13.1. The highest BCUT2D eigenvalue weighted by atomic mass is 32.1. The van der Waals surface area contributed by atoms with E-state index in [9.17, 15) is 9.59 Å². The Bertz CT molecular complexity index is 694. The van der Waals surface area contributed by atoms with Crippen molar-refractivity contribution in [1.82, 2.24) is 10.3 Å². The van der Waals surface area contributed by atoms with Gasteiger partial charge < -0.3 is 10.6 Å². The first-order valence-electron chi connectivity index (χ1n) is 7.22. The molecule has 2 amide bonds. The second-order valence-electron chi connectivity index (χ2n) is 5.36. The molecule has 0 aliphatic carbocycles. The van der Waals surface area contributed by atoms with Gasteiger partial charge in [-0.05, 0) is 25.5 Å². The molecule has 22 heavy (non-hydrogen) atoms. The molecule has 0 spiro atoms. The van der Waals surface area contributed by atoms with Crippen LogP contribution >= 0.6 is 11.3 Å². The highest BCUT2D eigenvalue weighted by Crippen LogP contribution is 2.23. The first-order valence-corrected chi connectivity index (χ1v) is 8.10. The van der Waals surface area contributed by atoms with Gasteiger partial charge in [0.1, 0.15) is 0 Å². The molecule has 6 heteroatoms. The largest absolute Gasteiger partial charge is 0.356 e. The van der Waals surface area contributed by atoms with Gasteiger partial charge in [0.25, 0.3) is 0 Å². The molecule has 1 aromatic heterocycles. The van der Waals surface area contributed by atoms with E-state index in [0.717, 1.165) is 22.0 Å². The van der Waals surface area contributed by atoms with Crippen LogP contribution in [-0.2, 0) is 9.59 Å². The highest BCUT2D eigenvalue weighted by molar-refractivity contribution is 7.09. The first kappa shape index (κ1) is 14.7. The van der Waals surface area contributed by atoms with Gasteiger partial charge in [0.05, 0.1) is 10.7 Å². The maximum absolute atomic E-state index is 12.2. The zero-order valence-electron chi connectivity index (χ0n) is 12.3. The number of rotatable bonds is 3. The van der Waals surface area contributed by atoms with Crippen LogP contribution in [0.5, 0.6) is 0 Å². The van der Waals surface area contributed by atoms with Crippen molar-refractivity contribution < 1.29 is 9.59 Å². The predicted octanol–water partition coefficient (Wildman–Crippen LogP) is 2.58. The van der Waals surface area contributed by atoms with Crippen LogP contribution in [0, 0.1) is 12.8 Å². The molecule has 3 rings (SSSR count). The van der Waals surface area contributed by atoms with E-state index in [4.69, 9.17) is 0 Å². The normalized spacial score (nSPS) is 17.9. The molecular formula is C16H17N3O2S. The van der Waals surface area contributed by atoms with Crippen molar-refractivity contribution in [1.29, 1.82) is 0 Å². The molecule has 1 unspecified atom stereocenters. The van der Waals surface area contributed by atoms with E-state index in [0.29, 0.717) is 13.0 Å². The van der Waals surface area contributed by atoms with Gasteiger partial charge in [0, 0.05) is 35.5 Å². The lowest BCUT2D eigenvalue weighted by molar-refractivity contribution is -0.129. The number of benzene rings is 1. The van der Waals surface area contributed by atoms with Crippen LogP contribution in [0.25, 0.3) is 11.3 Å². The number of carbonyl (C=O) groups is 2. The van der Waals surface area contributed by atoms with Crippen LogP contribution in [0.2, 0.25) is 0 Å². The maximum Gasteiger partial charge on any atom is 0.228 e. The van der Waals surface area contributed by atoms with E-state index in [1.165, 1.54) is 0 Å². The fourth-order valence-corrected chi connectivity index (χ4v) is 3.09. The summed E-state index contributed by atoms with van der Waals surface area (Å²) in [5.41, 5.74) is 2.72. The van der Waals surface area contributed by atoms with Gasteiger partial charge in [0.15, 0.2) is 0 Å². The number of hydrogen-bond acceptors (Lipinski definition) is 4. The van der Waals surface area contributed by atoms with Gasteiger partial charge in [-0.2, -0.15) is 0 Å². The van der Waals surface area contributed by atoms with Crippen LogP contribution in [0.15, 0.2) is 29.6 Å². The van der Waals surface area contributed by atoms with Crippen molar-refractivity contribution in [2.75, 3.05) is 11.9 Å². The lowest BCUT2D eigenvalue weighted by atomic mass is 9.96. The van der Waals surface area contributed by atoms with Crippen LogP contribution in [0.4, 0.5) is 5.69 Å². The van der Waals surface area contributed by atoms with E-state index < -0.39 is 0 Å². The Labute approximate surface area is 132 Å². The zero-order chi connectivity index (χ0) is 15.5. The van der Waals surface area contributed by atoms with E-state index >= 15 is 0 Å². The van der Waals surface area contributed by atoms with Crippen molar-refractivity contribution in [3.63, 3.8) is 0 Å². The van der Waals surface area contributed by atoms with E-state index in [1.54, 1.807) is 11.3 Å². The van der Waals surface area contributed by atoms with Crippen molar-refractivity contribution in [3.05, 3.63) is 34.7 Å². The Morgan fingerprint density at radius 3 is 2.77 bits per heavy atom. The summed E-state index contributed by atoms with van der Waals surface area (Å²) in [4.78, 5) is 27.9. The highest BCUT2D eigenvalue weighted by Gasteiger charge is 2.25. The maximum atomic E-state index is 12.2. The van der Waals surface area contributed by atoms with E-state index in [1.807, 2.05) is 36.6 Å². The monoisotopic (exact) mass is 315 g/mol. The molecule has 1 atom stereocenters. The molecule has 1 aromatic carbocycles. The van der Waals surface area contributed by atoms with Crippen molar-refractivity contribution in [2.24, 2.45) is 5.92 Å². The number of aryl methyl sites for hydroxylation is 1. The smallest absolute Gasteiger partial charge is 0.228 e. The third-order valence-corrected chi connectivity index (χ3v) is 4.46. The Morgan fingerprint density at radius 2 is 2.14 bits per heavy atom. The van der Waals surface area contributed by atoms with Gasteiger partial charge in [-0.1, -0.05) is 12.1 Å². The Kier molecular flexibility index (Phi) is 4.20. The second-order valence-corrected chi connectivity index (χ2v) is 6.42.